The minimum absolute atomic E-state index is 0.0442. The Kier molecular flexibility index (Phi) is 5.71. The fourth-order valence-electron chi connectivity index (χ4n) is 3.15. The Balaban J connectivity index is 1.63. The summed E-state index contributed by atoms with van der Waals surface area (Å²) in [6.07, 6.45) is 2.63. The van der Waals surface area contributed by atoms with Gasteiger partial charge >= 0.3 is 5.69 Å². The van der Waals surface area contributed by atoms with E-state index in [0.717, 1.165) is 6.07 Å². The topological polar surface area (TPSA) is 97.3 Å². The van der Waals surface area contributed by atoms with Gasteiger partial charge in [-0.15, -0.1) is 0 Å². The lowest BCUT2D eigenvalue weighted by atomic mass is 10.0. The number of nitrogens with one attached hydrogen (secondary N) is 1. The van der Waals surface area contributed by atoms with E-state index in [-0.39, 0.29) is 28.3 Å². The lowest BCUT2D eigenvalue weighted by Gasteiger charge is -2.33. The SMILES string of the molecule is Nc1ncc(Cl)c(NC2CCN(Cc3ccc(F)cc3F)CC2)c1[N+](=O)[O-]. The number of hydrogen-bond acceptors (Lipinski definition) is 6. The molecule has 0 atom stereocenters. The van der Waals surface area contributed by atoms with Crippen LogP contribution in [0, 0.1) is 21.7 Å². The largest absolute Gasteiger partial charge is 0.378 e. The Morgan fingerprint density at radius 3 is 2.70 bits per heavy atom. The van der Waals surface area contributed by atoms with Crippen LogP contribution in [0.3, 0.4) is 0 Å². The molecule has 3 rings (SSSR count). The zero-order valence-corrected chi connectivity index (χ0v) is 15.0. The molecule has 27 heavy (non-hydrogen) atoms. The van der Waals surface area contributed by atoms with Crippen LogP contribution in [-0.2, 0) is 6.54 Å². The van der Waals surface area contributed by atoms with E-state index in [0.29, 0.717) is 38.0 Å². The van der Waals surface area contributed by atoms with Gasteiger partial charge in [-0.05, 0) is 18.9 Å². The van der Waals surface area contributed by atoms with E-state index in [2.05, 4.69) is 10.3 Å². The zero-order chi connectivity index (χ0) is 19.6. The standard InChI is InChI=1S/C17H18ClF2N5O2/c18-13-8-22-17(21)16(25(26)27)15(13)23-12-3-5-24(6-4-12)9-10-1-2-11(19)7-14(10)20/h1-2,7-8,12H,3-6,9H2,(H3,21,22,23). The number of hydrogen-bond donors (Lipinski definition) is 2. The second kappa shape index (κ2) is 8.01. The van der Waals surface area contributed by atoms with Gasteiger partial charge in [-0.2, -0.15) is 0 Å². The van der Waals surface area contributed by atoms with Crippen molar-refractivity contribution in [2.75, 3.05) is 24.1 Å². The minimum Gasteiger partial charge on any atom is -0.378 e. The maximum absolute atomic E-state index is 13.8. The van der Waals surface area contributed by atoms with Crippen LogP contribution in [0.2, 0.25) is 5.02 Å². The van der Waals surface area contributed by atoms with Gasteiger partial charge in [-0.3, -0.25) is 15.0 Å². The number of aromatic nitrogens is 1. The van der Waals surface area contributed by atoms with E-state index < -0.39 is 16.6 Å². The number of piperidine rings is 1. The molecular formula is C17H18ClF2N5O2. The predicted molar refractivity (Wildman–Crippen MR) is 98.6 cm³/mol. The van der Waals surface area contributed by atoms with Crippen molar-refractivity contribution in [3.8, 4) is 0 Å². The summed E-state index contributed by atoms with van der Waals surface area (Å²) in [7, 11) is 0. The van der Waals surface area contributed by atoms with Crippen LogP contribution in [-0.4, -0.2) is 33.9 Å². The highest BCUT2D eigenvalue weighted by molar-refractivity contribution is 6.33. The lowest BCUT2D eigenvalue weighted by Crippen LogP contribution is -2.39. The second-order valence-electron chi connectivity index (χ2n) is 6.40. The van der Waals surface area contributed by atoms with E-state index in [1.807, 2.05) is 4.90 Å². The fourth-order valence-corrected chi connectivity index (χ4v) is 3.34. The molecule has 0 aliphatic carbocycles. The first-order valence-corrected chi connectivity index (χ1v) is 8.74. The Morgan fingerprint density at radius 2 is 2.07 bits per heavy atom. The number of anilines is 2. The third-order valence-corrected chi connectivity index (χ3v) is 4.85. The van der Waals surface area contributed by atoms with Crippen LogP contribution in [0.5, 0.6) is 0 Å². The van der Waals surface area contributed by atoms with Crippen LogP contribution in [0.25, 0.3) is 0 Å². The zero-order valence-electron chi connectivity index (χ0n) is 14.3. The molecule has 1 aliphatic heterocycles. The van der Waals surface area contributed by atoms with E-state index in [9.17, 15) is 18.9 Å². The van der Waals surface area contributed by atoms with Crippen molar-refractivity contribution in [2.45, 2.75) is 25.4 Å². The average molecular weight is 398 g/mol. The molecule has 1 saturated heterocycles. The number of rotatable bonds is 5. The summed E-state index contributed by atoms with van der Waals surface area (Å²) in [5, 5.41) is 14.5. The molecule has 0 radical (unpaired) electrons. The highest BCUT2D eigenvalue weighted by atomic mass is 35.5. The van der Waals surface area contributed by atoms with E-state index in [1.54, 1.807) is 0 Å². The molecule has 0 unspecified atom stereocenters. The number of nitrogen functional groups attached to an aromatic ring is 1. The average Bonchev–Trinajstić information content (AvgIpc) is 2.62. The van der Waals surface area contributed by atoms with Gasteiger partial charge in [0.15, 0.2) is 0 Å². The molecule has 3 N–H and O–H groups in total. The third-order valence-electron chi connectivity index (χ3n) is 4.56. The van der Waals surface area contributed by atoms with Gasteiger partial charge in [0.2, 0.25) is 5.82 Å². The van der Waals surface area contributed by atoms with Crippen molar-refractivity contribution in [3.05, 3.63) is 56.7 Å². The summed E-state index contributed by atoms with van der Waals surface area (Å²) in [4.78, 5) is 16.4. The van der Waals surface area contributed by atoms with Crippen LogP contribution >= 0.6 is 11.6 Å². The number of benzene rings is 1. The minimum atomic E-state index is -0.608. The quantitative estimate of drug-likeness (QED) is 0.591. The first-order chi connectivity index (χ1) is 12.8. The highest BCUT2D eigenvalue weighted by Gasteiger charge is 2.27. The summed E-state index contributed by atoms with van der Waals surface area (Å²) in [6.45, 7) is 1.68. The third kappa shape index (κ3) is 4.42. The van der Waals surface area contributed by atoms with E-state index >= 15 is 0 Å². The first kappa shape index (κ1) is 19.2. The van der Waals surface area contributed by atoms with Gasteiger partial charge in [-0.25, -0.2) is 13.8 Å². The van der Waals surface area contributed by atoms with Crippen molar-refractivity contribution >= 4 is 28.8 Å². The van der Waals surface area contributed by atoms with Crippen molar-refractivity contribution < 1.29 is 13.7 Å². The molecular weight excluding hydrogens is 380 g/mol. The summed E-state index contributed by atoms with van der Waals surface area (Å²) in [5.74, 6) is -1.37. The van der Waals surface area contributed by atoms with Crippen molar-refractivity contribution in [3.63, 3.8) is 0 Å². The number of pyridine rings is 1. The summed E-state index contributed by atoms with van der Waals surface area (Å²) < 4.78 is 26.8. The highest BCUT2D eigenvalue weighted by Crippen LogP contribution is 2.36. The molecule has 1 fully saturated rings. The maximum Gasteiger partial charge on any atom is 0.335 e. The smallest absolute Gasteiger partial charge is 0.335 e. The summed E-state index contributed by atoms with van der Waals surface area (Å²) in [6, 6.07) is 3.51. The maximum atomic E-state index is 13.8. The molecule has 144 valence electrons. The van der Waals surface area contributed by atoms with Gasteiger partial charge in [-0.1, -0.05) is 17.7 Å². The molecule has 2 heterocycles. The Bertz CT molecular complexity index is 859. The van der Waals surface area contributed by atoms with Crippen LogP contribution < -0.4 is 11.1 Å². The van der Waals surface area contributed by atoms with Crippen LogP contribution in [0.1, 0.15) is 18.4 Å². The Hall–Kier alpha value is -2.52. The Morgan fingerprint density at radius 1 is 1.37 bits per heavy atom. The van der Waals surface area contributed by atoms with Crippen molar-refractivity contribution in [1.82, 2.24) is 9.88 Å². The molecule has 1 aliphatic rings. The van der Waals surface area contributed by atoms with Crippen LogP contribution in [0.15, 0.2) is 24.4 Å². The predicted octanol–water partition coefficient (Wildman–Crippen LogP) is 3.58. The molecule has 0 spiro atoms. The number of nitro groups is 1. The number of likely N-dealkylation sites (tertiary alicyclic amines) is 1. The lowest BCUT2D eigenvalue weighted by molar-refractivity contribution is -0.383. The van der Waals surface area contributed by atoms with Gasteiger partial charge in [0, 0.05) is 37.3 Å². The molecule has 0 saturated carbocycles. The number of nitrogens with two attached hydrogens (primary N) is 1. The monoisotopic (exact) mass is 397 g/mol. The fraction of sp³-hybridized carbons (Fsp3) is 0.353. The molecule has 7 nitrogen and oxygen atoms in total. The summed E-state index contributed by atoms with van der Waals surface area (Å²) in [5.41, 5.74) is 5.87. The first-order valence-electron chi connectivity index (χ1n) is 8.36. The number of halogens is 3. The molecule has 10 heteroatoms. The molecule has 0 amide bonds. The van der Waals surface area contributed by atoms with Crippen LogP contribution in [0.4, 0.5) is 26.0 Å². The normalized spacial score (nSPS) is 15.7. The van der Waals surface area contributed by atoms with Crippen molar-refractivity contribution in [1.29, 1.82) is 0 Å². The second-order valence-corrected chi connectivity index (χ2v) is 6.81. The molecule has 0 bridgehead atoms. The van der Waals surface area contributed by atoms with Gasteiger partial charge < -0.3 is 11.1 Å². The summed E-state index contributed by atoms with van der Waals surface area (Å²) >= 11 is 6.06. The van der Waals surface area contributed by atoms with Gasteiger partial charge in [0.25, 0.3) is 0 Å². The molecule has 1 aromatic carbocycles. The van der Waals surface area contributed by atoms with E-state index in [4.69, 9.17) is 17.3 Å². The van der Waals surface area contributed by atoms with Gasteiger partial charge in [0.05, 0.1) is 16.1 Å². The van der Waals surface area contributed by atoms with E-state index in [1.165, 1.54) is 18.3 Å². The molecule has 1 aromatic heterocycles. The van der Waals surface area contributed by atoms with Gasteiger partial charge in [0.1, 0.15) is 17.3 Å². The number of nitrogens with zero attached hydrogens (tertiary/aromatic N) is 3. The van der Waals surface area contributed by atoms with Crippen molar-refractivity contribution in [2.24, 2.45) is 0 Å². The molecule has 2 aromatic rings. The Labute approximate surface area is 159 Å².